The molecule has 0 aromatic heterocycles. The Kier molecular flexibility index (Phi) is 1.42. The van der Waals surface area contributed by atoms with Crippen molar-refractivity contribution in [1.82, 2.24) is 5.32 Å². The number of amides is 1. The van der Waals surface area contributed by atoms with Gasteiger partial charge in [0, 0.05) is 13.1 Å². The fraction of sp³-hybridized carbons (Fsp3) is 0.875. The van der Waals surface area contributed by atoms with Crippen LogP contribution >= 0.6 is 0 Å². The summed E-state index contributed by atoms with van der Waals surface area (Å²) in [6, 6.07) is 0. The van der Waals surface area contributed by atoms with E-state index in [4.69, 9.17) is 5.73 Å². The van der Waals surface area contributed by atoms with Crippen molar-refractivity contribution in [2.45, 2.75) is 19.3 Å². The first-order chi connectivity index (χ1) is 5.25. The van der Waals surface area contributed by atoms with Crippen LogP contribution in [0.4, 0.5) is 0 Å². The van der Waals surface area contributed by atoms with Gasteiger partial charge in [-0.15, -0.1) is 0 Å². The summed E-state index contributed by atoms with van der Waals surface area (Å²) in [4.78, 5) is 11.0. The number of hydrogen-bond donors (Lipinski definition) is 2. The molecule has 1 heterocycles. The summed E-state index contributed by atoms with van der Waals surface area (Å²) in [7, 11) is 0. The number of nitrogens with two attached hydrogens (primary N) is 1. The maximum absolute atomic E-state index is 11.0. The van der Waals surface area contributed by atoms with Gasteiger partial charge in [0.25, 0.3) is 0 Å². The minimum atomic E-state index is -0.116. The average molecular weight is 154 g/mol. The molecular formula is C8H14N2O. The largest absolute Gasteiger partial charge is 0.369 e. The van der Waals surface area contributed by atoms with Crippen molar-refractivity contribution in [1.29, 1.82) is 0 Å². The Balaban J connectivity index is 2.13. The van der Waals surface area contributed by atoms with Crippen LogP contribution in [0.25, 0.3) is 0 Å². The first-order valence-corrected chi connectivity index (χ1v) is 4.25. The van der Waals surface area contributed by atoms with Crippen molar-refractivity contribution in [3.63, 3.8) is 0 Å². The van der Waals surface area contributed by atoms with E-state index in [1.165, 1.54) is 19.3 Å². The van der Waals surface area contributed by atoms with Gasteiger partial charge in [-0.1, -0.05) is 6.42 Å². The van der Waals surface area contributed by atoms with E-state index in [1.54, 1.807) is 0 Å². The van der Waals surface area contributed by atoms with Gasteiger partial charge in [0.2, 0.25) is 5.91 Å². The highest BCUT2D eigenvalue weighted by Crippen LogP contribution is 2.48. The van der Waals surface area contributed by atoms with Crippen LogP contribution in [0.5, 0.6) is 0 Å². The molecule has 1 aliphatic heterocycles. The molecule has 2 rings (SSSR count). The van der Waals surface area contributed by atoms with Crippen LogP contribution in [0.1, 0.15) is 19.3 Å². The Morgan fingerprint density at radius 2 is 2.27 bits per heavy atom. The normalized spacial score (nSPS) is 33.6. The molecule has 1 atom stereocenters. The Hall–Kier alpha value is -0.570. The van der Waals surface area contributed by atoms with Crippen molar-refractivity contribution < 1.29 is 4.79 Å². The van der Waals surface area contributed by atoms with E-state index in [0.717, 1.165) is 13.1 Å². The van der Waals surface area contributed by atoms with Gasteiger partial charge in [-0.2, -0.15) is 0 Å². The monoisotopic (exact) mass is 154 g/mol. The molecule has 2 fully saturated rings. The molecule has 1 saturated carbocycles. The SMILES string of the molecule is NC(=O)C1CNCC12CCC2. The molecule has 0 aromatic rings. The van der Waals surface area contributed by atoms with E-state index in [2.05, 4.69) is 5.32 Å². The molecule has 1 spiro atoms. The van der Waals surface area contributed by atoms with Crippen LogP contribution in [0.15, 0.2) is 0 Å². The predicted molar refractivity (Wildman–Crippen MR) is 41.8 cm³/mol. The standard InChI is InChI=1S/C8H14N2O/c9-7(11)6-4-10-5-8(6)2-1-3-8/h6,10H,1-5H2,(H2,9,11). The number of rotatable bonds is 1. The smallest absolute Gasteiger partial charge is 0.222 e. The predicted octanol–water partition coefficient (Wildman–Crippen LogP) is -0.139. The fourth-order valence-corrected chi connectivity index (χ4v) is 2.36. The number of hydrogen-bond acceptors (Lipinski definition) is 2. The second-order valence-electron chi connectivity index (χ2n) is 3.80. The lowest BCUT2D eigenvalue weighted by atomic mass is 9.63. The maximum atomic E-state index is 11.0. The summed E-state index contributed by atoms with van der Waals surface area (Å²) in [5.41, 5.74) is 5.57. The van der Waals surface area contributed by atoms with Crippen LogP contribution in [-0.4, -0.2) is 19.0 Å². The third-order valence-corrected chi connectivity index (χ3v) is 3.26. The first kappa shape index (κ1) is 7.10. The molecule has 0 bridgehead atoms. The Morgan fingerprint density at radius 3 is 2.64 bits per heavy atom. The number of primary amides is 1. The van der Waals surface area contributed by atoms with Gasteiger partial charge in [0.05, 0.1) is 5.92 Å². The van der Waals surface area contributed by atoms with Gasteiger partial charge < -0.3 is 11.1 Å². The van der Waals surface area contributed by atoms with Gasteiger partial charge in [0.1, 0.15) is 0 Å². The van der Waals surface area contributed by atoms with E-state index >= 15 is 0 Å². The zero-order valence-electron chi connectivity index (χ0n) is 6.60. The second-order valence-corrected chi connectivity index (χ2v) is 3.80. The molecule has 1 amide bonds. The second kappa shape index (κ2) is 2.21. The highest BCUT2D eigenvalue weighted by atomic mass is 16.1. The highest BCUT2D eigenvalue weighted by Gasteiger charge is 2.49. The number of nitrogens with one attached hydrogen (secondary N) is 1. The molecule has 3 nitrogen and oxygen atoms in total. The summed E-state index contributed by atoms with van der Waals surface area (Å²) >= 11 is 0. The Labute approximate surface area is 66.3 Å². The minimum Gasteiger partial charge on any atom is -0.369 e. The van der Waals surface area contributed by atoms with Gasteiger partial charge >= 0.3 is 0 Å². The summed E-state index contributed by atoms with van der Waals surface area (Å²) in [5, 5.41) is 3.25. The van der Waals surface area contributed by atoms with Crippen LogP contribution in [0.2, 0.25) is 0 Å². The van der Waals surface area contributed by atoms with Crippen molar-refractivity contribution in [3.8, 4) is 0 Å². The molecule has 2 aliphatic rings. The average Bonchev–Trinajstić information content (AvgIpc) is 2.27. The first-order valence-electron chi connectivity index (χ1n) is 4.25. The van der Waals surface area contributed by atoms with Gasteiger partial charge in [-0.3, -0.25) is 4.79 Å². The molecule has 0 aromatic carbocycles. The molecule has 62 valence electrons. The van der Waals surface area contributed by atoms with Gasteiger partial charge in [0.15, 0.2) is 0 Å². The lowest BCUT2D eigenvalue weighted by molar-refractivity contribution is -0.126. The molecule has 3 heteroatoms. The van der Waals surface area contributed by atoms with Crippen molar-refractivity contribution in [2.24, 2.45) is 17.1 Å². The van der Waals surface area contributed by atoms with E-state index in [0.29, 0.717) is 0 Å². The lowest BCUT2D eigenvalue weighted by Crippen LogP contribution is -2.43. The van der Waals surface area contributed by atoms with Crippen LogP contribution in [0.3, 0.4) is 0 Å². The van der Waals surface area contributed by atoms with E-state index < -0.39 is 0 Å². The Bertz CT molecular complexity index is 187. The third kappa shape index (κ3) is 0.872. The van der Waals surface area contributed by atoms with Crippen molar-refractivity contribution >= 4 is 5.91 Å². The third-order valence-electron chi connectivity index (χ3n) is 3.26. The van der Waals surface area contributed by atoms with E-state index in [9.17, 15) is 4.79 Å². The molecule has 11 heavy (non-hydrogen) atoms. The van der Waals surface area contributed by atoms with Crippen molar-refractivity contribution in [3.05, 3.63) is 0 Å². The zero-order valence-corrected chi connectivity index (χ0v) is 6.60. The van der Waals surface area contributed by atoms with Crippen molar-refractivity contribution in [2.75, 3.05) is 13.1 Å². The van der Waals surface area contributed by atoms with Crippen LogP contribution < -0.4 is 11.1 Å². The molecule has 3 N–H and O–H groups in total. The zero-order chi connectivity index (χ0) is 7.90. The maximum Gasteiger partial charge on any atom is 0.222 e. The number of carbonyl (C=O) groups is 1. The summed E-state index contributed by atoms with van der Waals surface area (Å²) < 4.78 is 0. The summed E-state index contributed by atoms with van der Waals surface area (Å²) in [6.45, 7) is 1.80. The molecule has 1 saturated heterocycles. The lowest BCUT2D eigenvalue weighted by Gasteiger charge is -2.41. The molecule has 0 radical (unpaired) electrons. The Morgan fingerprint density at radius 1 is 1.55 bits per heavy atom. The quantitative estimate of drug-likeness (QED) is 0.552. The summed E-state index contributed by atoms with van der Waals surface area (Å²) in [5.74, 6) is -0.00838. The van der Waals surface area contributed by atoms with Gasteiger partial charge in [-0.25, -0.2) is 0 Å². The molecule has 1 aliphatic carbocycles. The van der Waals surface area contributed by atoms with E-state index in [-0.39, 0.29) is 17.2 Å². The van der Waals surface area contributed by atoms with Crippen LogP contribution in [0, 0.1) is 11.3 Å². The minimum absolute atomic E-state index is 0.108. The molecular weight excluding hydrogens is 140 g/mol. The topological polar surface area (TPSA) is 55.1 Å². The highest BCUT2D eigenvalue weighted by molar-refractivity contribution is 5.78. The van der Waals surface area contributed by atoms with Gasteiger partial charge in [-0.05, 0) is 18.3 Å². The summed E-state index contributed by atoms with van der Waals surface area (Å²) in [6.07, 6.45) is 3.65. The number of carbonyl (C=O) groups excluding carboxylic acids is 1. The van der Waals surface area contributed by atoms with Crippen LogP contribution in [-0.2, 0) is 4.79 Å². The van der Waals surface area contributed by atoms with E-state index in [1.807, 2.05) is 0 Å². The molecule has 1 unspecified atom stereocenters. The fourth-order valence-electron chi connectivity index (χ4n) is 2.36.